The van der Waals surface area contributed by atoms with Crippen molar-refractivity contribution in [2.75, 3.05) is 33.3 Å². The van der Waals surface area contributed by atoms with Crippen LogP contribution in [-0.4, -0.2) is 54.9 Å². The third-order valence-electron chi connectivity index (χ3n) is 4.11. The Morgan fingerprint density at radius 3 is 2.50 bits per heavy atom. The smallest absolute Gasteiger partial charge is 0.257 e. The Balaban J connectivity index is 2.07. The first-order valence-electron chi connectivity index (χ1n) is 8.33. The molecule has 5 nitrogen and oxygen atoms in total. The molecule has 1 aliphatic heterocycles. The van der Waals surface area contributed by atoms with Crippen LogP contribution < -0.4 is 4.74 Å². The van der Waals surface area contributed by atoms with Gasteiger partial charge in [0.05, 0.1) is 12.7 Å². The molecule has 0 atom stereocenters. The Bertz CT molecular complexity index is 604. The van der Waals surface area contributed by atoms with E-state index in [-0.39, 0.29) is 17.4 Å². The summed E-state index contributed by atoms with van der Waals surface area (Å²) in [5.74, 6) is 0.0725. The minimum absolute atomic E-state index is 0.127. The summed E-state index contributed by atoms with van der Waals surface area (Å²) < 4.78 is 18.7. The number of carbonyl (C=O) groups excluding carboxylic acids is 2. The molecule has 1 aliphatic rings. The van der Waals surface area contributed by atoms with Crippen LogP contribution in [0.25, 0.3) is 0 Å². The summed E-state index contributed by atoms with van der Waals surface area (Å²) in [7, 11) is 1.46. The lowest BCUT2D eigenvalue weighted by atomic mass is 10.1. The van der Waals surface area contributed by atoms with E-state index in [0.29, 0.717) is 50.7 Å². The number of carbonyl (C=O) groups is 2. The van der Waals surface area contributed by atoms with Gasteiger partial charge >= 0.3 is 0 Å². The summed E-state index contributed by atoms with van der Waals surface area (Å²) in [6, 6.07) is 3.93. The highest BCUT2D eigenvalue weighted by molar-refractivity contribution is 5.97. The van der Waals surface area contributed by atoms with Crippen molar-refractivity contribution < 1.29 is 18.7 Å². The first-order valence-corrected chi connectivity index (χ1v) is 8.33. The van der Waals surface area contributed by atoms with Gasteiger partial charge in [0.25, 0.3) is 5.91 Å². The zero-order valence-electron chi connectivity index (χ0n) is 14.5. The zero-order chi connectivity index (χ0) is 17.7. The van der Waals surface area contributed by atoms with Gasteiger partial charge in [-0.05, 0) is 30.5 Å². The lowest BCUT2D eigenvalue weighted by Gasteiger charge is -2.23. The molecule has 0 aliphatic carbocycles. The number of hydrogen-bond acceptors (Lipinski definition) is 3. The van der Waals surface area contributed by atoms with E-state index in [1.165, 1.54) is 25.3 Å². The number of rotatable bonds is 4. The van der Waals surface area contributed by atoms with Gasteiger partial charge < -0.3 is 14.5 Å². The molecule has 6 heteroatoms. The maximum absolute atomic E-state index is 13.5. The Morgan fingerprint density at radius 2 is 1.83 bits per heavy atom. The maximum atomic E-state index is 13.5. The van der Waals surface area contributed by atoms with Crippen LogP contribution in [0.5, 0.6) is 5.75 Å². The highest BCUT2D eigenvalue weighted by Gasteiger charge is 2.25. The summed E-state index contributed by atoms with van der Waals surface area (Å²) in [6.45, 7) is 6.18. The van der Waals surface area contributed by atoms with E-state index in [2.05, 4.69) is 0 Å². The molecule has 2 amide bonds. The van der Waals surface area contributed by atoms with E-state index < -0.39 is 5.82 Å². The minimum Gasteiger partial charge on any atom is -0.496 e. The molecule has 1 saturated heterocycles. The van der Waals surface area contributed by atoms with Gasteiger partial charge in [-0.25, -0.2) is 4.39 Å². The average molecular weight is 336 g/mol. The van der Waals surface area contributed by atoms with Crippen LogP contribution in [0.2, 0.25) is 0 Å². The fraction of sp³-hybridized carbons (Fsp3) is 0.556. The van der Waals surface area contributed by atoms with E-state index in [4.69, 9.17) is 4.74 Å². The number of benzene rings is 1. The Hall–Kier alpha value is -2.11. The molecule has 0 bridgehead atoms. The quantitative estimate of drug-likeness (QED) is 0.849. The number of halogens is 1. The summed E-state index contributed by atoms with van der Waals surface area (Å²) in [5.41, 5.74) is 0.222. The SMILES string of the molecule is COc1ccc(F)cc1C(=O)N1CCCN(C(=O)CC(C)C)CC1. The highest BCUT2D eigenvalue weighted by Crippen LogP contribution is 2.22. The Kier molecular flexibility index (Phi) is 6.17. The second-order valence-electron chi connectivity index (χ2n) is 6.47. The molecule has 0 N–H and O–H groups in total. The van der Waals surface area contributed by atoms with Crippen molar-refractivity contribution in [2.24, 2.45) is 5.92 Å². The summed E-state index contributed by atoms with van der Waals surface area (Å²) in [4.78, 5) is 28.4. The first kappa shape index (κ1) is 18.2. The van der Waals surface area contributed by atoms with Crippen LogP contribution in [0.15, 0.2) is 18.2 Å². The number of nitrogens with zero attached hydrogens (tertiary/aromatic N) is 2. The molecular formula is C18H25FN2O3. The average Bonchev–Trinajstić information content (AvgIpc) is 2.79. The molecule has 1 fully saturated rings. The van der Waals surface area contributed by atoms with Crippen LogP contribution >= 0.6 is 0 Å². The first-order chi connectivity index (χ1) is 11.4. The molecule has 0 spiro atoms. The van der Waals surface area contributed by atoms with Crippen molar-refractivity contribution in [2.45, 2.75) is 26.7 Å². The molecule has 1 heterocycles. The second-order valence-corrected chi connectivity index (χ2v) is 6.47. The fourth-order valence-corrected chi connectivity index (χ4v) is 2.87. The number of hydrogen-bond donors (Lipinski definition) is 0. The van der Waals surface area contributed by atoms with Crippen molar-refractivity contribution in [3.05, 3.63) is 29.6 Å². The van der Waals surface area contributed by atoms with Gasteiger partial charge in [-0.1, -0.05) is 13.8 Å². The molecule has 0 radical (unpaired) electrons. The fourth-order valence-electron chi connectivity index (χ4n) is 2.87. The van der Waals surface area contributed by atoms with E-state index in [1.54, 1.807) is 4.90 Å². The number of amides is 2. The highest BCUT2D eigenvalue weighted by atomic mass is 19.1. The third kappa shape index (κ3) is 4.46. The van der Waals surface area contributed by atoms with Gasteiger partial charge in [-0.2, -0.15) is 0 Å². The Morgan fingerprint density at radius 1 is 1.17 bits per heavy atom. The molecule has 0 aromatic heterocycles. The second kappa shape index (κ2) is 8.13. The number of ether oxygens (including phenoxy) is 1. The van der Waals surface area contributed by atoms with E-state index in [0.717, 1.165) is 0 Å². The summed E-state index contributed by atoms with van der Waals surface area (Å²) in [6.07, 6.45) is 1.23. The van der Waals surface area contributed by atoms with Gasteiger partial charge in [-0.15, -0.1) is 0 Å². The Labute approximate surface area is 142 Å². The van der Waals surface area contributed by atoms with Crippen LogP contribution in [0.1, 0.15) is 37.0 Å². The van der Waals surface area contributed by atoms with Gasteiger partial charge in [0.1, 0.15) is 11.6 Å². The normalized spacial score (nSPS) is 15.4. The van der Waals surface area contributed by atoms with Gasteiger partial charge in [-0.3, -0.25) is 9.59 Å². The number of methoxy groups -OCH3 is 1. The van der Waals surface area contributed by atoms with Crippen molar-refractivity contribution in [1.82, 2.24) is 9.80 Å². The lowest BCUT2D eigenvalue weighted by Crippen LogP contribution is -2.37. The van der Waals surface area contributed by atoms with Crippen LogP contribution in [0.3, 0.4) is 0 Å². The molecular weight excluding hydrogens is 311 g/mol. The van der Waals surface area contributed by atoms with Crippen molar-refractivity contribution in [3.8, 4) is 5.75 Å². The lowest BCUT2D eigenvalue weighted by molar-refractivity contribution is -0.131. The largest absolute Gasteiger partial charge is 0.496 e. The monoisotopic (exact) mass is 336 g/mol. The zero-order valence-corrected chi connectivity index (χ0v) is 14.5. The van der Waals surface area contributed by atoms with Crippen molar-refractivity contribution in [1.29, 1.82) is 0 Å². The minimum atomic E-state index is -0.470. The van der Waals surface area contributed by atoms with Gasteiger partial charge in [0, 0.05) is 32.6 Å². The van der Waals surface area contributed by atoms with E-state index in [9.17, 15) is 14.0 Å². The molecule has 0 saturated carbocycles. The third-order valence-corrected chi connectivity index (χ3v) is 4.11. The molecule has 132 valence electrons. The van der Waals surface area contributed by atoms with Gasteiger partial charge in [0.2, 0.25) is 5.91 Å². The van der Waals surface area contributed by atoms with Crippen LogP contribution in [0, 0.1) is 11.7 Å². The molecule has 1 aromatic carbocycles. The summed E-state index contributed by atoms with van der Waals surface area (Å²) >= 11 is 0. The van der Waals surface area contributed by atoms with Crippen LogP contribution in [-0.2, 0) is 4.79 Å². The van der Waals surface area contributed by atoms with Crippen LogP contribution in [0.4, 0.5) is 4.39 Å². The van der Waals surface area contributed by atoms with Gasteiger partial charge in [0.15, 0.2) is 0 Å². The van der Waals surface area contributed by atoms with Crippen molar-refractivity contribution >= 4 is 11.8 Å². The molecule has 1 aromatic rings. The standard InChI is InChI=1S/C18H25FN2O3/c1-13(2)11-17(22)20-7-4-8-21(10-9-20)18(23)15-12-14(19)5-6-16(15)24-3/h5-6,12-13H,4,7-11H2,1-3H3. The van der Waals surface area contributed by atoms with E-state index in [1.807, 2.05) is 18.7 Å². The van der Waals surface area contributed by atoms with E-state index >= 15 is 0 Å². The maximum Gasteiger partial charge on any atom is 0.257 e. The predicted octanol–water partition coefficient (Wildman–Crippen LogP) is 2.55. The van der Waals surface area contributed by atoms with Crippen molar-refractivity contribution in [3.63, 3.8) is 0 Å². The molecule has 2 rings (SSSR count). The summed E-state index contributed by atoms with van der Waals surface area (Å²) in [5, 5.41) is 0. The topological polar surface area (TPSA) is 49.9 Å². The molecule has 0 unspecified atom stereocenters. The molecule has 24 heavy (non-hydrogen) atoms. The predicted molar refractivity (Wildman–Crippen MR) is 89.5 cm³/mol.